The van der Waals surface area contributed by atoms with Gasteiger partial charge in [0.15, 0.2) is 5.41 Å². The number of carbonyl (C=O) groups is 2. The zero-order valence-electron chi connectivity index (χ0n) is 15.6. The fourth-order valence-electron chi connectivity index (χ4n) is 3.91. The van der Waals surface area contributed by atoms with Gasteiger partial charge in [-0.15, -0.1) is 0 Å². The first kappa shape index (κ1) is 18.6. The van der Waals surface area contributed by atoms with Crippen LogP contribution in [0.1, 0.15) is 37.8 Å². The largest absolute Gasteiger partial charge is 0.465 e. The quantitative estimate of drug-likeness (QED) is 0.579. The summed E-state index contributed by atoms with van der Waals surface area (Å²) in [6.07, 6.45) is 4.58. The second kappa shape index (κ2) is 8.04. The topological polar surface area (TPSA) is 55.8 Å². The molecule has 0 N–H and O–H groups in total. The Hall–Kier alpha value is -2.14. The average molecular weight is 357 g/mol. The molecule has 1 heterocycles. The minimum Gasteiger partial charge on any atom is -0.465 e. The van der Waals surface area contributed by atoms with Crippen LogP contribution in [0.25, 0.3) is 6.08 Å². The summed E-state index contributed by atoms with van der Waals surface area (Å²) in [5.41, 5.74) is 1.43. The lowest BCUT2D eigenvalue weighted by atomic mass is 9.70. The maximum atomic E-state index is 13.0. The molecule has 5 nitrogen and oxygen atoms in total. The van der Waals surface area contributed by atoms with Crippen LogP contribution in [-0.2, 0) is 25.5 Å². The van der Waals surface area contributed by atoms with Crippen molar-refractivity contribution in [2.75, 3.05) is 32.8 Å². The zero-order valence-corrected chi connectivity index (χ0v) is 15.6. The van der Waals surface area contributed by atoms with Crippen molar-refractivity contribution in [1.82, 2.24) is 4.90 Å². The van der Waals surface area contributed by atoms with E-state index in [1.54, 1.807) is 13.8 Å². The molecule has 0 amide bonds. The molecule has 2 aliphatic rings. The van der Waals surface area contributed by atoms with Crippen LogP contribution in [0.4, 0.5) is 0 Å². The van der Waals surface area contributed by atoms with E-state index in [2.05, 4.69) is 4.90 Å². The highest BCUT2D eigenvalue weighted by Crippen LogP contribution is 2.42. The van der Waals surface area contributed by atoms with Crippen LogP contribution in [0.5, 0.6) is 0 Å². The summed E-state index contributed by atoms with van der Waals surface area (Å²) >= 11 is 0. The molecule has 140 valence electrons. The molecule has 0 atom stereocenters. The highest BCUT2D eigenvalue weighted by molar-refractivity contribution is 6.06. The Kier molecular flexibility index (Phi) is 5.77. The van der Waals surface area contributed by atoms with Crippen LogP contribution in [0.3, 0.4) is 0 Å². The molecule has 5 heteroatoms. The fourth-order valence-corrected chi connectivity index (χ4v) is 3.91. The minimum absolute atomic E-state index is 0.235. The maximum Gasteiger partial charge on any atom is 0.328 e. The van der Waals surface area contributed by atoms with Crippen molar-refractivity contribution in [2.45, 2.75) is 33.1 Å². The lowest BCUT2D eigenvalue weighted by Crippen LogP contribution is -2.49. The predicted octanol–water partition coefficient (Wildman–Crippen LogP) is 2.83. The number of rotatable bonds is 6. The summed E-state index contributed by atoms with van der Waals surface area (Å²) in [6.45, 7) is 6.55. The van der Waals surface area contributed by atoms with E-state index in [1.165, 1.54) is 0 Å². The Bertz CT molecular complexity index is 686. The number of hydrogen-bond donors (Lipinski definition) is 0. The Morgan fingerprint density at radius 1 is 1.04 bits per heavy atom. The van der Waals surface area contributed by atoms with Crippen molar-refractivity contribution >= 4 is 18.0 Å². The molecule has 1 aliphatic carbocycles. The maximum absolute atomic E-state index is 13.0. The van der Waals surface area contributed by atoms with Crippen molar-refractivity contribution in [1.29, 1.82) is 0 Å². The number of nitrogens with zero attached hydrogens (tertiary/aromatic N) is 1. The molecule has 26 heavy (non-hydrogen) atoms. The van der Waals surface area contributed by atoms with E-state index in [0.717, 1.165) is 42.6 Å². The summed E-state index contributed by atoms with van der Waals surface area (Å²) < 4.78 is 10.7. The van der Waals surface area contributed by atoms with E-state index in [4.69, 9.17) is 9.47 Å². The summed E-state index contributed by atoms with van der Waals surface area (Å²) in [4.78, 5) is 28.4. The molecule has 0 unspecified atom stereocenters. The summed E-state index contributed by atoms with van der Waals surface area (Å²) in [5, 5.41) is 0. The standard InChI is InChI=1S/C21H27NO4/c1-3-25-19(23)21(20(24)26-4-2)14-17-10-6-5-9-16(17)13-18(21)15-22-11-7-8-12-22/h5-6,9-10,13H,3-4,7-8,11-12,14-15H2,1-2H3. The molecule has 3 rings (SSSR count). The van der Waals surface area contributed by atoms with E-state index >= 15 is 0 Å². The molecular weight excluding hydrogens is 330 g/mol. The molecule has 0 aromatic heterocycles. The van der Waals surface area contributed by atoms with Crippen molar-refractivity contribution in [3.8, 4) is 0 Å². The molecule has 0 bridgehead atoms. The normalized spacial score (nSPS) is 18.8. The molecule has 0 spiro atoms. The van der Waals surface area contributed by atoms with Gasteiger partial charge >= 0.3 is 11.9 Å². The van der Waals surface area contributed by atoms with Crippen LogP contribution in [0.2, 0.25) is 0 Å². The smallest absolute Gasteiger partial charge is 0.328 e. The second-order valence-corrected chi connectivity index (χ2v) is 6.87. The average Bonchev–Trinajstić information content (AvgIpc) is 3.14. The van der Waals surface area contributed by atoms with E-state index in [0.29, 0.717) is 13.0 Å². The Morgan fingerprint density at radius 3 is 2.27 bits per heavy atom. The van der Waals surface area contributed by atoms with Gasteiger partial charge in [-0.3, -0.25) is 14.5 Å². The van der Waals surface area contributed by atoms with Crippen molar-refractivity contribution < 1.29 is 19.1 Å². The first-order valence-corrected chi connectivity index (χ1v) is 9.47. The second-order valence-electron chi connectivity index (χ2n) is 6.87. The summed E-state index contributed by atoms with van der Waals surface area (Å²) in [6, 6.07) is 7.90. The molecule has 1 aromatic carbocycles. The van der Waals surface area contributed by atoms with Crippen LogP contribution >= 0.6 is 0 Å². The van der Waals surface area contributed by atoms with Crippen LogP contribution in [0, 0.1) is 5.41 Å². The van der Waals surface area contributed by atoms with E-state index in [1.807, 2.05) is 30.3 Å². The van der Waals surface area contributed by atoms with Crippen molar-refractivity contribution in [3.63, 3.8) is 0 Å². The zero-order chi connectivity index (χ0) is 18.6. The number of hydrogen-bond acceptors (Lipinski definition) is 5. The lowest BCUT2D eigenvalue weighted by Gasteiger charge is -2.36. The Morgan fingerprint density at radius 2 is 1.65 bits per heavy atom. The number of ether oxygens (including phenoxy) is 2. The van der Waals surface area contributed by atoms with Crippen molar-refractivity contribution in [2.24, 2.45) is 5.41 Å². The third kappa shape index (κ3) is 3.40. The van der Waals surface area contributed by atoms with Gasteiger partial charge in [0.1, 0.15) is 0 Å². The minimum atomic E-state index is -1.39. The molecule has 1 aromatic rings. The molecule has 0 radical (unpaired) electrons. The van der Waals surface area contributed by atoms with Crippen LogP contribution < -0.4 is 0 Å². The number of fused-ring (bicyclic) bond motifs is 1. The first-order valence-electron chi connectivity index (χ1n) is 9.47. The monoisotopic (exact) mass is 357 g/mol. The molecule has 1 saturated heterocycles. The highest BCUT2D eigenvalue weighted by Gasteiger charge is 2.53. The van der Waals surface area contributed by atoms with Gasteiger partial charge in [0, 0.05) is 13.0 Å². The van der Waals surface area contributed by atoms with Crippen LogP contribution in [-0.4, -0.2) is 49.7 Å². The third-order valence-electron chi connectivity index (χ3n) is 5.23. The molecule has 1 fully saturated rings. The summed E-state index contributed by atoms with van der Waals surface area (Å²) in [7, 11) is 0. The SMILES string of the molecule is CCOC(=O)C1(C(=O)OCC)Cc2ccccc2C=C1CN1CCCC1. The number of likely N-dealkylation sites (tertiary alicyclic amines) is 1. The van der Waals surface area contributed by atoms with Crippen molar-refractivity contribution in [3.05, 3.63) is 41.0 Å². The van der Waals surface area contributed by atoms with Gasteiger partial charge in [-0.2, -0.15) is 0 Å². The number of esters is 2. The highest BCUT2D eigenvalue weighted by atomic mass is 16.6. The molecule has 0 saturated carbocycles. The molecular formula is C21H27NO4. The Labute approximate surface area is 155 Å². The van der Waals surface area contributed by atoms with Gasteiger partial charge in [-0.1, -0.05) is 30.3 Å². The number of benzene rings is 1. The van der Waals surface area contributed by atoms with Gasteiger partial charge < -0.3 is 9.47 Å². The Balaban J connectivity index is 2.08. The molecule has 1 aliphatic heterocycles. The van der Waals surface area contributed by atoms with Gasteiger partial charge in [0.25, 0.3) is 0 Å². The first-order chi connectivity index (χ1) is 12.6. The lowest BCUT2D eigenvalue weighted by molar-refractivity contribution is -0.169. The number of carbonyl (C=O) groups excluding carboxylic acids is 2. The van der Waals surface area contributed by atoms with E-state index < -0.39 is 17.4 Å². The van der Waals surface area contributed by atoms with Gasteiger partial charge in [0.2, 0.25) is 0 Å². The third-order valence-corrected chi connectivity index (χ3v) is 5.23. The van der Waals surface area contributed by atoms with Gasteiger partial charge in [-0.25, -0.2) is 0 Å². The summed E-state index contributed by atoms with van der Waals surface area (Å²) in [5.74, 6) is -1.00. The predicted molar refractivity (Wildman–Crippen MR) is 99.5 cm³/mol. The van der Waals surface area contributed by atoms with E-state index in [-0.39, 0.29) is 13.2 Å². The van der Waals surface area contributed by atoms with Gasteiger partial charge in [0.05, 0.1) is 13.2 Å². The van der Waals surface area contributed by atoms with E-state index in [9.17, 15) is 9.59 Å². The van der Waals surface area contributed by atoms with Crippen LogP contribution in [0.15, 0.2) is 29.8 Å². The fraction of sp³-hybridized carbons (Fsp3) is 0.524. The van der Waals surface area contributed by atoms with Gasteiger partial charge in [-0.05, 0) is 56.5 Å².